The minimum atomic E-state index is -1.41. The van der Waals surface area contributed by atoms with Gasteiger partial charge in [-0.25, -0.2) is 0 Å². The van der Waals surface area contributed by atoms with Crippen LogP contribution < -0.4 is 0 Å². The van der Waals surface area contributed by atoms with Crippen molar-refractivity contribution in [1.82, 2.24) is 0 Å². The number of esters is 1. The Kier molecular flexibility index (Phi) is 6.27. The van der Waals surface area contributed by atoms with Crippen LogP contribution in [0.2, 0.25) is 0 Å². The molecule has 2 unspecified atom stereocenters. The fourth-order valence-electron chi connectivity index (χ4n) is 5.30. The van der Waals surface area contributed by atoms with Gasteiger partial charge in [0.1, 0.15) is 5.60 Å². The lowest BCUT2D eigenvalue weighted by molar-refractivity contribution is -0.152. The van der Waals surface area contributed by atoms with E-state index < -0.39 is 17.4 Å². The van der Waals surface area contributed by atoms with E-state index in [-0.39, 0.29) is 29.6 Å². The normalized spacial score (nSPS) is 35.4. The van der Waals surface area contributed by atoms with Crippen molar-refractivity contribution in [2.75, 3.05) is 6.61 Å². The van der Waals surface area contributed by atoms with Crippen LogP contribution in [0.5, 0.6) is 0 Å². The molecule has 0 aromatic heterocycles. The van der Waals surface area contributed by atoms with Gasteiger partial charge in [0.25, 0.3) is 0 Å². The van der Waals surface area contributed by atoms with Crippen molar-refractivity contribution >= 4 is 17.5 Å². The van der Waals surface area contributed by atoms with Gasteiger partial charge in [0.15, 0.2) is 12.4 Å². The number of hydrogen-bond donors (Lipinski definition) is 1. The first-order valence-electron chi connectivity index (χ1n) is 10.7. The first-order valence-corrected chi connectivity index (χ1v) is 10.7. The molecular formula is C24H32O5. The standard InChI is InChI=1S/C24H32O5/c1-4-5-6-21-20(8-7-18-13-19(26)10-11-23(18,21)3)17-9-12-24(28,14-17)22(27)15-29-16(2)25/h6,10-11,13,17,20,28H,4-5,7-9,12,14-15H2,1-3H3/b21-6+/t17?,20?,23-,24+/m0/s1. The zero-order chi connectivity index (χ0) is 21.2. The maximum absolute atomic E-state index is 12.5. The highest BCUT2D eigenvalue weighted by molar-refractivity contribution is 6.01. The molecule has 0 heterocycles. The highest BCUT2D eigenvalue weighted by Gasteiger charge is 2.49. The van der Waals surface area contributed by atoms with Crippen LogP contribution in [0.15, 0.2) is 35.5 Å². The fraction of sp³-hybridized carbons (Fsp3) is 0.625. The van der Waals surface area contributed by atoms with Crippen LogP contribution >= 0.6 is 0 Å². The number of aliphatic hydroxyl groups is 1. The molecule has 0 saturated heterocycles. The van der Waals surface area contributed by atoms with E-state index in [0.717, 1.165) is 32.1 Å². The van der Waals surface area contributed by atoms with Crippen LogP contribution in [0.1, 0.15) is 65.7 Å². The summed E-state index contributed by atoms with van der Waals surface area (Å²) in [6, 6.07) is 0. The Morgan fingerprint density at radius 2 is 2.10 bits per heavy atom. The molecule has 5 heteroatoms. The zero-order valence-corrected chi connectivity index (χ0v) is 17.7. The average Bonchev–Trinajstić information content (AvgIpc) is 3.08. The summed E-state index contributed by atoms with van der Waals surface area (Å²) in [6.45, 7) is 5.23. The topological polar surface area (TPSA) is 80.7 Å². The first kappa shape index (κ1) is 21.7. The number of Topliss-reactive ketones (excluding diaryl/α,β-unsaturated/α-hetero) is 1. The lowest BCUT2D eigenvalue weighted by atomic mass is 9.59. The molecule has 4 atom stereocenters. The third-order valence-electron chi connectivity index (χ3n) is 6.96. The van der Waals surface area contributed by atoms with Crippen molar-refractivity contribution in [2.24, 2.45) is 17.3 Å². The number of carbonyl (C=O) groups is 3. The molecular weight excluding hydrogens is 368 g/mol. The van der Waals surface area contributed by atoms with Crippen LogP contribution in [-0.2, 0) is 19.1 Å². The molecule has 5 nitrogen and oxygen atoms in total. The molecule has 158 valence electrons. The van der Waals surface area contributed by atoms with E-state index in [1.54, 1.807) is 12.2 Å². The van der Waals surface area contributed by atoms with E-state index in [4.69, 9.17) is 4.74 Å². The van der Waals surface area contributed by atoms with Gasteiger partial charge < -0.3 is 9.84 Å². The summed E-state index contributed by atoms with van der Waals surface area (Å²) < 4.78 is 4.82. The second-order valence-corrected chi connectivity index (χ2v) is 8.94. The quantitative estimate of drug-likeness (QED) is 0.541. The molecule has 0 bridgehead atoms. The van der Waals surface area contributed by atoms with E-state index in [1.807, 2.05) is 6.08 Å². The predicted octanol–water partition coefficient (Wildman–Crippen LogP) is 3.86. The second-order valence-electron chi connectivity index (χ2n) is 8.94. The summed E-state index contributed by atoms with van der Waals surface area (Å²) in [7, 11) is 0. The van der Waals surface area contributed by atoms with Crippen molar-refractivity contribution < 1.29 is 24.2 Å². The fourth-order valence-corrected chi connectivity index (χ4v) is 5.30. The molecule has 0 aromatic rings. The maximum Gasteiger partial charge on any atom is 0.303 e. The van der Waals surface area contributed by atoms with Gasteiger partial charge in [0.05, 0.1) is 0 Å². The Morgan fingerprint density at radius 1 is 1.34 bits per heavy atom. The minimum Gasteiger partial charge on any atom is -0.458 e. The van der Waals surface area contributed by atoms with Gasteiger partial charge in [-0.3, -0.25) is 14.4 Å². The van der Waals surface area contributed by atoms with Crippen molar-refractivity contribution in [2.45, 2.75) is 71.3 Å². The molecule has 3 aliphatic rings. The lowest BCUT2D eigenvalue weighted by Gasteiger charge is -2.45. The predicted molar refractivity (Wildman–Crippen MR) is 110 cm³/mol. The largest absolute Gasteiger partial charge is 0.458 e. The van der Waals surface area contributed by atoms with Crippen LogP contribution in [-0.4, -0.2) is 34.9 Å². The highest BCUT2D eigenvalue weighted by atomic mass is 16.5. The van der Waals surface area contributed by atoms with Crippen molar-refractivity contribution in [3.8, 4) is 0 Å². The molecule has 2 fully saturated rings. The van der Waals surface area contributed by atoms with Crippen molar-refractivity contribution in [3.63, 3.8) is 0 Å². The van der Waals surface area contributed by atoms with Crippen LogP contribution in [0, 0.1) is 17.3 Å². The number of ketones is 2. The van der Waals surface area contributed by atoms with Gasteiger partial charge in [-0.1, -0.05) is 36.6 Å². The lowest BCUT2D eigenvalue weighted by Crippen LogP contribution is -2.40. The number of unbranched alkanes of at least 4 members (excludes halogenated alkanes) is 1. The molecule has 3 rings (SSSR count). The summed E-state index contributed by atoms with van der Waals surface area (Å²) in [6.07, 6.45) is 13.2. The molecule has 0 radical (unpaired) electrons. The molecule has 3 aliphatic carbocycles. The van der Waals surface area contributed by atoms with Crippen molar-refractivity contribution in [1.29, 1.82) is 0 Å². The Morgan fingerprint density at radius 3 is 2.79 bits per heavy atom. The summed E-state index contributed by atoms with van der Waals surface area (Å²) >= 11 is 0. The van der Waals surface area contributed by atoms with Crippen LogP contribution in [0.4, 0.5) is 0 Å². The molecule has 29 heavy (non-hydrogen) atoms. The van der Waals surface area contributed by atoms with Gasteiger partial charge >= 0.3 is 5.97 Å². The van der Waals surface area contributed by atoms with E-state index in [2.05, 4.69) is 19.9 Å². The Labute approximate surface area is 172 Å². The summed E-state index contributed by atoms with van der Waals surface area (Å²) in [5, 5.41) is 10.9. The molecule has 2 saturated carbocycles. The minimum absolute atomic E-state index is 0.0528. The van der Waals surface area contributed by atoms with E-state index in [1.165, 1.54) is 18.1 Å². The zero-order valence-electron chi connectivity index (χ0n) is 17.7. The summed E-state index contributed by atoms with van der Waals surface area (Å²) in [4.78, 5) is 35.4. The van der Waals surface area contributed by atoms with Gasteiger partial charge in [0, 0.05) is 12.3 Å². The number of ether oxygens (including phenoxy) is 1. The molecule has 0 spiro atoms. The second kappa shape index (κ2) is 8.39. The van der Waals surface area contributed by atoms with E-state index in [9.17, 15) is 19.5 Å². The third-order valence-corrected chi connectivity index (χ3v) is 6.96. The maximum atomic E-state index is 12.5. The van der Waals surface area contributed by atoms with Gasteiger partial charge in [-0.15, -0.1) is 0 Å². The number of carbonyl (C=O) groups excluding carboxylic acids is 3. The number of hydrogen-bond acceptors (Lipinski definition) is 5. The number of rotatable bonds is 6. The summed E-state index contributed by atoms with van der Waals surface area (Å²) in [5.74, 6) is -0.387. The Balaban J connectivity index is 1.82. The SMILES string of the molecule is CCC/C=C1\C(C2CC[C@](O)(C(=O)COC(C)=O)C2)CCC2=CC(=O)C=C[C@@]21C. The van der Waals surface area contributed by atoms with Crippen molar-refractivity contribution in [3.05, 3.63) is 35.5 Å². The van der Waals surface area contributed by atoms with Crippen LogP contribution in [0.3, 0.4) is 0 Å². The molecule has 0 aromatic carbocycles. The molecule has 0 aliphatic heterocycles. The van der Waals surface area contributed by atoms with Gasteiger partial charge in [-0.05, 0) is 69.4 Å². The first-order chi connectivity index (χ1) is 13.7. The van der Waals surface area contributed by atoms with Crippen LogP contribution in [0.25, 0.3) is 0 Å². The van der Waals surface area contributed by atoms with Gasteiger partial charge in [0.2, 0.25) is 5.78 Å². The molecule has 0 amide bonds. The third kappa shape index (κ3) is 4.30. The molecule has 1 N–H and O–H groups in total. The van der Waals surface area contributed by atoms with E-state index in [0.29, 0.717) is 12.8 Å². The van der Waals surface area contributed by atoms with Gasteiger partial charge in [-0.2, -0.15) is 0 Å². The Hall–Kier alpha value is -2.01. The number of fused-ring (bicyclic) bond motifs is 1. The highest BCUT2D eigenvalue weighted by Crippen LogP contribution is 2.55. The number of allylic oxidation sites excluding steroid dienone is 6. The average molecular weight is 401 g/mol. The smallest absolute Gasteiger partial charge is 0.303 e. The Bertz CT molecular complexity index is 789. The monoisotopic (exact) mass is 400 g/mol. The van der Waals surface area contributed by atoms with E-state index >= 15 is 0 Å². The summed E-state index contributed by atoms with van der Waals surface area (Å²) in [5.41, 5.74) is 0.824.